The first-order valence-electron chi connectivity index (χ1n) is 12.3. The number of rotatable bonds is 8. The first-order chi connectivity index (χ1) is 18.1. The monoisotopic (exact) mass is 530 g/mol. The molecule has 0 radical (unpaired) electrons. The summed E-state index contributed by atoms with van der Waals surface area (Å²) in [7, 11) is 0. The van der Waals surface area contributed by atoms with Crippen molar-refractivity contribution in [2.24, 2.45) is 5.92 Å². The molecule has 0 saturated carbocycles. The van der Waals surface area contributed by atoms with Gasteiger partial charge >= 0.3 is 6.18 Å². The van der Waals surface area contributed by atoms with Gasteiger partial charge in [0.05, 0.1) is 6.54 Å². The summed E-state index contributed by atoms with van der Waals surface area (Å²) in [6, 6.07) is 11.8. The standard InChI is InChI=1S/C25H29F3N8O2/c1-17(2)10-11-29-23(37)19-8-9-20(31-30-19)34-12-14-35(15-13-34)24(38)21-22(25(26,27)28)36(33-32-21)16-18-6-4-3-5-7-18/h3-9,17H,10-16H2,1-2H3,(H,29,37). The van der Waals surface area contributed by atoms with E-state index in [1.54, 1.807) is 42.5 Å². The number of benzene rings is 1. The Bertz CT molecular complexity index is 1240. The van der Waals surface area contributed by atoms with Crippen molar-refractivity contribution in [1.29, 1.82) is 0 Å². The number of hydrogen-bond donors (Lipinski definition) is 1. The van der Waals surface area contributed by atoms with Crippen molar-refractivity contribution >= 4 is 17.6 Å². The Morgan fingerprint density at radius 2 is 1.68 bits per heavy atom. The molecule has 3 heterocycles. The van der Waals surface area contributed by atoms with Crippen LogP contribution < -0.4 is 10.2 Å². The fourth-order valence-corrected chi connectivity index (χ4v) is 4.07. The maximum atomic E-state index is 13.9. The van der Waals surface area contributed by atoms with Gasteiger partial charge in [0.25, 0.3) is 11.8 Å². The molecule has 3 aromatic rings. The quantitative estimate of drug-likeness (QED) is 0.477. The van der Waals surface area contributed by atoms with E-state index in [-0.39, 0.29) is 31.2 Å². The Kier molecular flexibility index (Phi) is 8.23. The van der Waals surface area contributed by atoms with E-state index in [1.165, 1.54) is 4.90 Å². The normalized spacial score (nSPS) is 14.2. The third-order valence-electron chi connectivity index (χ3n) is 6.16. The number of halogens is 3. The van der Waals surface area contributed by atoms with Gasteiger partial charge in [-0.3, -0.25) is 9.59 Å². The highest BCUT2D eigenvalue weighted by Crippen LogP contribution is 2.32. The first kappa shape index (κ1) is 27.0. The van der Waals surface area contributed by atoms with E-state index in [1.807, 2.05) is 4.90 Å². The van der Waals surface area contributed by atoms with Gasteiger partial charge in [-0.15, -0.1) is 15.3 Å². The summed E-state index contributed by atoms with van der Waals surface area (Å²) in [5.74, 6) is -0.145. The topological polar surface area (TPSA) is 109 Å². The average molecular weight is 531 g/mol. The molecule has 0 bridgehead atoms. The molecule has 1 N–H and O–H groups in total. The molecule has 2 amide bonds. The van der Waals surface area contributed by atoms with Crippen LogP contribution >= 0.6 is 0 Å². The summed E-state index contributed by atoms with van der Waals surface area (Å²) >= 11 is 0. The van der Waals surface area contributed by atoms with Crippen molar-refractivity contribution in [2.75, 3.05) is 37.6 Å². The number of amides is 2. The van der Waals surface area contributed by atoms with Gasteiger partial charge < -0.3 is 15.1 Å². The molecule has 1 aromatic carbocycles. The maximum Gasteiger partial charge on any atom is 0.435 e. The van der Waals surface area contributed by atoms with Gasteiger partial charge in [0, 0.05) is 32.7 Å². The van der Waals surface area contributed by atoms with E-state index in [4.69, 9.17) is 0 Å². The number of nitrogens with one attached hydrogen (secondary N) is 1. The smallest absolute Gasteiger partial charge is 0.352 e. The minimum absolute atomic E-state index is 0.159. The minimum atomic E-state index is -4.80. The van der Waals surface area contributed by atoms with Gasteiger partial charge in [-0.05, 0) is 30.0 Å². The Hall–Kier alpha value is -4.03. The van der Waals surface area contributed by atoms with E-state index >= 15 is 0 Å². The number of carbonyl (C=O) groups is 2. The van der Waals surface area contributed by atoms with Crippen molar-refractivity contribution in [2.45, 2.75) is 33.0 Å². The Morgan fingerprint density at radius 1 is 0.974 bits per heavy atom. The molecule has 2 aromatic heterocycles. The lowest BCUT2D eigenvalue weighted by Gasteiger charge is -2.34. The van der Waals surface area contributed by atoms with Crippen molar-refractivity contribution in [1.82, 2.24) is 35.4 Å². The van der Waals surface area contributed by atoms with Gasteiger partial charge in [-0.25, -0.2) is 4.68 Å². The molecule has 10 nitrogen and oxygen atoms in total. The predicted octanol–water partition coefficient (Wildman–Crippen LogP) is 2.87. The van der Waals surface area contributed by atoms with Crippen LogP contribution in [0.1, 0.15) is 52.5 Å². The van der Waals surface area contributed by atoms with Gasteiger partial charge in [0.1, 0.15) is 0 Å². The van der Waals surface area contributed by atoms with Crippen LogP contribution in [0.15, 0.2) is 42.5 Å². The van der Waals surface area contributed by atoms with Crippen LogP contribution in [0.25, 0.3) is 0 Å². The molecule has 0 spiro atoms. The zero-order valence-electron chi connectivity index (χ0n) is 21.1. The van der Waals surface area contributed by atoms with Crippen LogP contribution in [0.3, 0.4) is 0 Å². The lowest BCUT2D eigenvalue weighted by atomic mass is 10.1. The second kappa shape index (κ2) is 11.6. The minimum Gasteiger partial charge on any atom is -0.352 e. The molecule has 1 fully saturated rings. The molecule has 13 heteroatoms. The van der Waals surface area contributed by atoms with Crippen LogP contribution in [0.2, 0.25) is 0 Å². The summed E-state index contributed by atoms with van der Waals surface area (Å²) in [4.78, 5) is 28.4. The van der Waals surface area contributed by atoms with Crippen LogP contribution in [0, 0.1) is 5.92 Å². The molecular weight excluding hydrogens is 501 g/mol. The second-order valence-corrected chi connectivity index (χ2v) is 9.42. The van der Waals surface area contributed by atoms with Crippen molar-refractivity contribution in [3.05, 3.63) is 65.1 Å². The molecule has 38 heavy (non-hydrogen) atoms. The summed E-state index contributed by atoms with van der Waals surface area (Å²) in [6.45, 7) is 5.53. The number of anilines is 1. The third kappa shape index (κ3) is 6.45. The Balaban J connectivity index is 1.39. The van der Waals surface area contributed by atoms with E-state index in [0.29, 0.717) is 36.9 Å². The number of alkyl halides is 3. The molecule has 1 aliphatic heterocycles. The van der Waals surface area contributed by atoms with Crippen molar-refractivity contribution in [3.63, 3.8) is 0 Å². The Morgan fingerprint density at radius 3 is 2.29 bits per heavy atom. The largest absolute Gasteiger partial charge is 0.435 e. The van der Waals surface area contributed by atoms with E-state index in [2.05, 4.69) is 39.7 Å². The maximum absolute atomic E-state index is 13.9. The lowest BCUT2D eigenvalue weighted by Crippen LogP contribution is -2.49. The molecule has 0 aliphatic carbocycles. The predicted molar refractivity (Wildman–Crippen MR) is 133 cm³/mol. The summed E-state index contributed by atoms with van der Waals surface area (Å²) in [6.07, 6.45) is -3.95. The summed E-state index contributed by atoms with van der Waals surface area (Å²) in [5.41, 5.74) is -1.07. The summed E-state index contributed by atoms with van der Waals surface area (Å²) < 4.78 is 42.5. The molecule has 1 saturated heterocycles. The van der Waals surface area contributed by atoms with E-state index in [9.17, 15) is 22.8 Å². The fraction of sp³-hybridized carbons (Fsp3) is 0.440. The molecule has 0 atom stereocenters. The van der Waals surface area contributed by atoms with Gasteiger partial charge in [0.15, 0.2) is 22.9 Å². The highest BCUT2D eigenvalue weighted by atomic mass is 19.4. The van der Waals surface area contributed by atoms with Gasteiger partial charge in [-0.2, -0.15) is 13.2 Å². The molecule has 4 rings (SSSR count). The lowest BCUT2D eigenvalue weighted by molar-refractivity contribution is -0.144. The first-order valence-corrected chi connectivity index (χ1v) is 12.3. The Labute approximate surface area is 217 Å². The van der Waals surface area contributed by atoms with Crippen molar-refractivity contribution < 1.29 is 22.8 Å². The van der Waals surface area contributed by atoms with Crippen LogP contribution in [-0.2, 0) is 12.7 Å². The summed E-state index contributed by atoms with van der Waals surface area (Å²) in [5, 5.41) is 18.2. The highest BCUT2D eigenvalue weighted by Gasteiger charge is 2.42. The third-order valence-corrected chi connectivity index (χ3v) is 6.16. The molecule has 1 aliphatic rings. The number of hydrogen-bond acceptors (Lipinski definition) is 7. The molecule has 202 valence electrons. The number of piperazine rings is 1. The van der Waals surface area contributed by atoms with Gasteiger partial charge in [0.2, 0.25) is 0 Å². The SMILES string of the molecule is CC(C)CCNC(=O)c1ccc(N2CCN(C(=O)c3nnn(Cc4ccccc4)c3C(F)(F)F)CC2)nn1. The molecular formula is C25H29F3N8O2. The second-order valence-electron chi connectivity index (χ2n) is 9.42. The zero-order valence-corrected chi connectivity index (χ0v) is 21.1. The van der Waals surface area contributed by atoms with Crippen LogP contribution in [0.4, 0.5) is 19.0 Å². The van der Waals surface area contributed by atoms with E-state index in [0.717, 1.165) is 11.1 Å². The zero-order chi connectivity index (χ0) is 27.3. The van der Waals surface area contributed by atoms with E-state index < -0.39 is 23.5 Å². The molecule has 0 unspecified atom stereocenters. The number of nitrogens with zero attached hydrogens (tertiary/aromatic N) is 7. The van der Waals surface area contributed by atoms with Gasteiger partial charge in [-0.1, -0.05) is 49.4 Å². The van der Waals surface area contributed by atoms with Crippen LogP contribution in [-0.4, -0.2) is 74.6 Å². The fourth-order valence-electron chi connectivity index (χ4n) is 4.07. The van der Waals surface area contributed by atoms with Crippen LogP contribution in [0.5, 0.6) is 0 Å². The number of aromatic nitrogens is 5. The highest BCUT2D eigenvalue weighted by molar-refractivity contribution is 5.94. The van der Waals surface area contributed by atoms with Crippen molar-refractivity contribution in [3.8, 4) is 0 Å². The average Bonchev–Trinajstić information content (AvgIpc) is 3.33. The number of carbonyl (C=O) groups excluding carboxylic acids is 2.